The van der Waals surface area contributed by atoms with E-state index in [0.717, 1.165) is 29.7 Å². The molecule has 0 amide bonds. The molecule has 0 bridgehead atoms. The summed E-state index contributed by atoms with van der Waals surface area (Å²) in [6.07, 6.45) is 3.16. The number of hydrogen-bond acceptors (Lipinski definition) is 3. The third kappa shape index (κ3) is 3.40. The molecule has 0 radical (unpaired) electrons. The predicted molar refractivity (Wildman–Crippen MR) is 85.6 cm³/mol. The molecule has 0 N–H and O–H groups in total. The van der Waals surface area contributed by atoms with Crippen molar-refractivity contribution in [1.82, 2.24) is 0 Å². The van der Waals surface area contributed by atoms with Gasteiger partial charge in [0.25, 0.3) is 0 Å². The molecule has 0 saturated carbocycles. The van der Waals surface area contributed by atoms with Gasteiger partial charge in [-0.1, -0.05) is 31.5 Å². The first-order chi connectivity index (χ1) is 9.42. The van der Waals surface area contributed by atoms with Crippen LogP contribution in [0.4, 0.5) is 0 Å². The molecule has 2 aromatic rings. The number of benzene rings is 1. The Labute approximate surface area is 124 Å². The van der Waals surface area contributed by atoms with Crippen LogP contribution in [0.1, 0.15) is 55.8 Å². The largest absolute Gasteiger partial charge is 0.456 e. The average molecular weight is 290 g/mol. The Hall–Kier alpha value is -1.35. The lowest BCUT2D eigenvalue weighted by atomic mass is 10.0. The molecule has 2 nitrogen and oxygen atoms in total. The van der Waals surface area contributed by atoms with E-state index in [0.29, 0.717) is 0 Å². The van der Waals surface area contributed by atoms with Gasteiger partial charge in [0, 0.05) is 4.70 Å². The van der Waals surface area contributed by atoms with Crippen LogP contribution in [0.15, 0.2) is 24.3 Å². The lowest BCUT2D eigenvalue weighted by Crippen LogP contribution is -2.23. The maximum atomic E-state index is 12.4. The third-order valence-corrected chi connectivity index (χ3v) is 4.26. The van der Waals surface area contributed by atoms with E-state index in [2.05, 4.69) is 19.1 Å². The number of carbonyl (C=O) groups excluding carboxylic acids is 1. The zero-order valence-corrected chi connectivity index (χ0v) is 13.5. The molecule has 0 aliphatic carbocycles. The zero-order valence-electron chi connectivity index (χ0n) is 12.7. The van der Waals surface area contributed by atoms with Crippen molar-refractivity contribution in [1.29, 1.82) is 0 Å². The highest BCUT2D eigenvalue weighted by Crippen LogP contribution is 2.33. The fourth-order valence-electron chi connectivity index (χ4n) is 2.19. The summed E-state index contributed by atoms with van der Waals surface area (Å²) in [4.78, 5) is 13.2. The van der Waals surface area contributed by atoms with Crippen molar-refractivity contribution in [2.45, 2.75) is 52.6 Å². The van der Waals surface area contributed by atoms with Crippen molar-refractivity contribution in [3.8, 4) is 0 Å². The Balaban J connectivity index is 2.43. The maximum absolute atomic E-state index is 12.4. The number of rotatable bonds is 4. The summed E-state index contributed by atoms with van der Waals surface area (Å²) in [6.45, 7) is 7.89. The van der Waals surface area contributed by atoms with Gasteiger partial charge in [-0.25, -0.2) is 4.79 Å². The highest BCUT2D eigenvalue weighted by atomic mass is 32.1. The van der Waals surface area contributed by atoms with Crippen LogP contribution in [0, 0.1) is 0 Å². The molecule has 0 saturated heterocycles. The second kappa shape index (κ2) is 5.96. The summed E-state index contributed by atoms with van der Waals surface area (Å²) in [5.74, 6) is -0.190. The summed E-state index contributed by atoms with van der Waals surface area (Å²) in [5.41, 5.74) is 0.705. The van der Waals surface area contributed by atoms with Crippen LogP contribution in [0.2, 0.25) is 0 Å². The molecule has 1 heterocycles. The Morgan fingerprint density at radius 2 is 1.95 bits per heavy atom. The molecule has 0 fully saturated rings. The van der Waals surface area contributed by atoms with Crippen LogP contribution >= 0.6 is 11.3 Å². The SMILES string of the molecule is CCCCc1c(C(=O)OC(C)(C)C)sc2ccccc12. The molecular formula is C17H22O2S. The van der Waals surface area contributed by atoms with Gasteiger partial charge in [-0.3, -0.25) is 0 Å². The number of aryl methyl sites for hydroxylation is 1. The summed E-state index contributed by atoms with van der Waals surface area (Å²) in [5, 5.41) is 1.20. The van der Waals surface area contributed by atoms with Crippen molar-refractivity contribution < 1.29 is 9.53 Å². The van der Waals surface area contributed by atoms with E-state index < -0.39 is 5.60 Å². The molecule has 2 rings (SSSR count). The summed E-state index contributed by atoms with van der Waals surface area (Å²) in [6, 6.07) is 8.22. The van der Waals surface area contributed by atoms with Crippen LogP contribution in [0.3, 0.4) is 0 Å². The molecule has 20 heavy (non-hydrogen) atoms. The van der Waals surface area contributed by atoms with E-state index in [1.165, 1.54) is 10.1 Å². The van der Waals surface area contributed by atoms with Crippen LogP contribution < -0.4 is 0 Å². The molecule has 0 spiro atoms. The first-order valence-corrected chi connectivity index (χ1v) is 7.98. The predicted octanol–water partition coefficient (Wildman–Crippen LogP) is 5.20. The normalized spacial score (nSPS) is 11.8. The van der Waals surface area contributed by atoms with Gasteiger partial charge in [-0.15, -0.1) is 11.3 Å². The lowest BCUT2D eigenvalue weighted by Gasteiger charge is -2.19. The van der Waals surface area contributed by atoms with E-state index in [4.69, 9.17) is 4.74 Å². The second-order valence-electron chi connectivity index (χ2n) is 6.01. The molecule has 108 valence electrons. The minimum Gasteiger partial charge on any atom is -0.456 e. The van der Waals surface area contributed by atoms with Gasteiger partial charge < -0.3 is 4.74 Å². The molecule has 0 unspecified atom stereocenters. The monoisotopic (exact) mass is 290 g/mol. The van der Waals surface area contributed by atoms with Crippen LogP contribution in [-0.4, -0.2) is 11.6 Å². The smallest absolute Gasteiger partial charge is 0.349 e. The molecule has 0 atom stereocenters. The fraction of sp³-hybridized carbons (Fsp3) is 0.471. The quantitative estimate of drug-likeness (QED) is 0.723. The summed E-state index contributed by atoms with van der Waals surface area (Å²) >= 11 is 1.55. The molecule has 0 aliphatic rings. The summed E-state index contributed by atoms with van der Waals surface area (Å²) in [7, 11) is 0. The van der Waals surface area contributed by atoms with Crippen molar-refractivity contribution in [3.05, 3.63) is 34.7 Å². The first kappa shape index (κ1) is 15.0. The molecule has 1 aromatic heterocycles. The van der Waals surface area contributed by atoms with E-state index in [-0.39, 0.29) is 5.97 Å². The first-order valence-electron chi connectivity index (χ1n) is 7.16. The minimum atomic E-state index is -0.449. The van der Waals surface area contributed by atoms with Crippen LogP contribution in [0.25, 0.3) is 10.1 Å². The number of hydrogen-bond donors (Lipinski definition) is 0. The van der Waals surface area contributed by atoms with Crippen molar-refractivity contribution in [2.75, 3.05) is 0 Å². The topological polar surface area (TPSA) is 26.3 Å². The number of thiophene rings is 1. The van der Waals surface area contributed by atoms with Gasteiger partial charge in [-0.2, -0.15) is 0 Å². The average Bonchev–Trinajstić information content (AvgIpc) is 2.73. The van der Waals surface area contributed by atoms with Gasteiger partial charge in [-0.05, 0) is 50.6 Å². The molecule has 3 heteroatoms. The Kier molecular flexibility index (Phi) is 4.48. The highest BCUT2D eigenvalue weighted by molar-refractivity contribution is 7.21. The Morgan fingerprint density at radius 1 is 1.25 bits per heavy atom. The lowest BCUT2D eigenvalue weighted by molar-refractivity contribution is 0.00742. The standard InChI is InChI=1S/C17H22O2S/c1-5-6-9-13-12-10-7-8-11-14(12)20-15(13)16(18)19-17(2,3)4/h7-8,10-11H,5-6,9H2,1-4H3. The highest BCUT2D eigenvalue weighted by Gasteiger charge is 2.23. The number of fused-ring (bicyclic) bond motifs is 1. The van der Waals surface area contributed by atoms with Gasteiger partial charge in [0.05, 0.1) is 0 Å². The van der Waals surface area contributed by atoms with E-state index >= 15 is 0 Å². The van der Waals surface area contributed by atoms with E-state index in [1.54, 1.807) is 11.3 Å². The Morgan fingerprint density at radius 3 is 2.60 bits per heavy atom. The third-order valence-electron chi connectivity index (χ3n) is 3.06. The fourth-order valence-corrected chi connectivity index (χ4v) is 3.32. The number of unbranched alkanes of at least 4 members (excludes halogenated alkanes) is 1. The van der Waals surface area contributed by atoms with E-state index in [9.17, 15) is 4.79 Å². The second-order valence-corrected chi connectivity index (χ2v) is 7.06. The molecular weight excluding hydrogens is 268 g/mol. The van der Waals surface area contributed by atoms with Gasteiger partial charge in [0.2, 0.25) is 0 Å². The van der Waals surface area contributed by atoms with Gasteiger partial charge in [0.15, 0.2) is 0 Å². The number of ether oxygens (including phenoxy) is 1. The van der Waals surface area contributed by atoms with Crippen molar-refractivity contribution >= 4 is 27.4 Å². The minimum absolute atomic E-state index is 0.190. The molecule has 1 aromatic carbocycles. The Bertz CT molecular complexity index is 605. The van der Waals surface area contributed by atoms with Gasteiger partial charge in [0.1, 0.15) is 10.5 Å². The van der Waals surface area contributed by atoms with Crippen LogP contribution in [0.5, 0.6) is 0 Å². The van der Waals surface area contributed by atoms with E-state index in [1.807, 2.05) is 32.9 Å². The number of carbonyl (C=O) groups is 1. The number of esters is 1. The van der Waals surface area contributed by atoms with Crippen molar-refractivity contribution in [3.63, 3.8) is 0 Å². The zero-order chi connectivity index (χ0) is 14.8. The summed E-state index contributed by atoms with van der Waals surface area (Å²) < 4.78 is 6.71. The maximum Gasteiger partial charge on any atom is 0.349 e. The molecule has 0 aliphatic heterocycles. The van der Waals surface area contributed by atoms with Gasteiger partial charge >= 0.3 is 5.97 Å². The van der Waals surface area contributed by atoms with Crippen LogP contribution in [-0.2, 0) is 11.2 Å². The van der Waals surface area contributed by atoms with Crippen molar-refractivity contribution in [2.24, 2.45) is 0 Å².